The summed E-state index contributed by atoms with van der Waals surface area (Å²) in [6.45, 7) is 0.902. The number of hydrogen-bond donors (Lipinski definition) is 2. The van der Waals surface area contributed by atoms with Crippen molar-refractivity contribution in [3.05, 3.63) is 101 Å². The molecule has 0 aliphatic carbocycles. The minimum Gasteiger partial charge on any atom is -0.349 e. The normalized spacial score (nSPS) is 16.2. The maximum Gasteiger partial charge on any atom is 0.268 e. The van der Waals surface area contributed by atoms with Gasteiger partial charge in [0.15, 0.2) is 0 Å². The molecule has 2 aromatic heterocycles. The van der Waals surface area contributed by atoms with Gasteiger partial charge in [0.2, 0.25) is 5.79 Å². The van der Waals surface area contributed by atoms with E-state index in [1.165, 1.54) is 0 Å². The second-order valence-electron chi connectivity index (χ2n) is 7.72. The lowest BCUT2D eigenvalue weighted by Crippen LogP contribution is -2.52. The van der Waals surface area contributed by atoms with Crippen LogP contribution in [0.5, 0.6) is 0 Å². The topological polar surface area (TPSA) is 76.2 Å². The van der Waals surface area contributed by atoms with Crippen LogP contribution in [0.3, 0.4) is 0 Å². The van der Waals surface area contributed by atoms with Gasteiger partial charge < -0.3 is 19.8 Å². The molecule has 1 amide bonds. The number of ether oxygens (including phenoxy) is 2. The fraction of sp³-hybridized carbons (Fsp3) is 0.200. The molecule has 4 aromatic rings. The summed E-state index contributed by atoms with van der Waals surface area (Å²) in [6, 6.07) is 22.8. The van der Waals surface area contributed by atoms with Crippen molar-refractivity contribution < 1.29 is 14.3 Å². The highest BCUT2D eigenvalue weighted by molar-refractivity contribution is 6.30. The minimum atomic E-state index is -1.08. The Morgan fingerprint density at radius 1 is 1.06 bits per heavy atom. The van der Waals surface area contributed by atoms with E-state index in [-0.39, 0.29) is 5.91 Å². The van der Waals surface area contributed by atoms with E-state index in [0.717, 1.165) is 22.0 Å². The Hall–Kier alpha value is -3.19. The number of rotatable bonds is 6. The van der Waals surface area contributed by atoms with Crippen molar-refractivity contribution in [3.8, 4) is 0 Å². The average molecular weight is 448 g/mol. The van der Waals surface area contributed by atoms with Crippen LogP contribution >= 0.6 is 11.6 Å². The number of pyridine rings is 1. The summed E-state index contributed by atoms with van der Waals surface area (Å²) in [5, 5.41) is 4.36. The molecule has 2 N–H and O–H groups in total. The third-order valence-corrected chi connectivity index (χ3v) is 5.86. The number of amides is 1. The fourth-order valence-corrected chi connectivity index (χ4v) is 4.33. The van der Waals surface area contributed by atoms with E-state index in [9.17, 15) is 4.79 Å². The lowest BCUT2D eigenvalue weighted by molar-refractivity contribution is -0.186. The fourth-order valence-electron chi connectivity index (χ4n) is 4.16. The summed E-state index contributed by atoms with van der Waals surface area (Å²) >= 11 is 6.00. The van der Waals surface area contributed by atoms with Crippen molar-refractivity contribution >= 4 is 28.4 Å². The summed E-state index contributed by atoms with van der Waals surface area (Å²) in [7, 11) is 0. The number of fused-ring (bicyclic) bond motifs is 1. The van der Waals surface area contributed by atoms with Gasteiger partial charge in [-0.05, 0) is 24.1 Å². The van der Waals surface area contributed by atoms with Crippen molar-refractivity contribution in [1.82, 2.24) is 15.3 Å². The molecule has 1 aliphatic heterocycles. The molecule has 1 fully saturated rings. The molecule has 1 atom stereocenters. The highest BCUT2D eigenvalue weighted by atomic mass is 35.5. The van der Waals surface area contributed by atoms with E-state index in [1.807, 2.05) is 60.7 Å². The monoisotopic (exact) mass is 447 g/mol. The molecule has 3 heterocycles. The number of aromatic nitrogens is 2. The number of carbonyl (C=O) groups is 1. The summed E-state index contributed by atoms with van der Waals surface area (Å²) < 4.78 is 12.4. The van der Waals surface area contributed by atoms with E-state index < -0.39 is 11.8 Å². The van der Waals surface area contributed by atoms with Gasteiger partial charge in [-0.2, -0.15) is 0 Å². The molecule has 2 aromatic carbocycles. The van der Waals surface area contributed by atoms with Crippen LogP contribution in [-0.2, 0) is 21.7 Å². The van der Waals surface area contributed by atoms with Gasteiger partial charge in [-0.1, -0.05) is 72.3 Å². The van der Waals surface area contributed by atoms with Gasteiger partial charge >= 0.3 is 0 Å². The van der Waals surface area contributed by atoms with Gasteiger partial charge in [0.05, 0.1) is 31.0 Å². The van der Waals surface area contributed by atoms with Crippen LogP contribution < -0.4 is 5.32 Å². The van der Waals surface area contributed by atoms with Gasteiger partial charge in [0.25, 0.3) is 5.91 Å². The van der Waals surface area contributed by atoms with Crippen LogP contribution in [0.4, 0.5) is 0 Å². The van der Waals surface area contributed by atoms with Crippen LogP contribution in [0.1, 0.15) is 21.6 Å². The lowest BCUT2D eigenvalue weighted by atomic mass is 9.92. The Bertz CT molecular complexity index is 1220. The molecule has 1 aliphatic rings. The van der Waals surface area contributed by atoms with Crippen LogP contribution in [0.15, 0.2) is 79.0 Å². The summed E-state index contributed by atoms with van der Waals surface area (Å²) in [4.78, 5) is 20.5. The van der Waals surface area contributed by atoms with E-state index in [1.54, 1.807) is 18.3 Å². The number of carbonyl (C=O) groups excluding carboxylic acids is 1. The third kappa shape index (κ3) is 4.00. The lowest BCUT2D eigenvalue weighted by Gasteiger charge is -2.36. The van der Waals surface area contributed by atoms with Crippen LogP contribution in [-0.4, -0.2) is 35.1 Å². The smallest absolute Gasteiger partial charge is 0.268 e. The first-order valence-electron chi connectivity index (χ1n) is 10.5. The zero-order valence-electron chi connectivity index (χ0n) is 17.3. The molecule has 6 nitrogen and oxygen atoms in total. The first-order chi connectivity index (χ1) is 15.6. The standard InChI is InChI=1S/C25H22ClN3O3/c26-23-15-18-14-20(28-21(18)16-27-23)24(30)29-22(13-17-7-3-1-4-8-17)25(31-11-12-32-25)19-9-5-2-6-10-19/h1-10,14-16,22,28H,11-13H2,(H,29,30). The van der Waals surface area contributed by atoms with Crippen LogP contribution in [0.25, 0.3) is 10.9 Å². The molecule has 162 valence electrons. The average Bonchev–Trinajstić information content (AvgIpc) is 3.48. The van der Waals surface area contributed by atoms with E-state index >= 15 is 0 Å². The Morgan fingerprint density at radius 2 is 1.75 bits per heavy atom. The molecule has 32 heavy (non-hydrogen) atoms. The molecule has 7 heteroatoms. The Kier molecular flexibility index (Phi) is 5.66. The van der Waals surface area contributed by atoms with E-state index in [4.69, 9.17) is 21.1 Å². The largest absolute Gasteiger partial charge is 0.349 e. The van der Waals surface area contributed by atoms with Crippen molar-refractivity contribution in [2.75, 3.05) is 13.2 Å². The number of benzene rings is 2. The molecule has 1 saturated heterocycles. The molecular formula is C25H22ClN3O3. The van der Waals surface area contributed by atoms with Crippen molar-refractivity contribution in [3.63, 3.8) is 0 Å². The Morgan fingerprint density at radius 3 is 2.47 bits per heavy atom. The maximum atomic E-state index is 13.3. The van der Waals surface area contributed by atoms with Crippen molar-refractivity contribution in [2.24, 2.45) is 0 Å². The van der Waals surface area contributed by atoms with E-state index in [0.29, 0.717) is 30.5 Å². The van der Waals surface area contributed by atoms with Gasteiger partial charge in [0.1, 0.15) is 10.8 Å². The Balaban J connectivity index is 1.51. The zero-order valence-corrected chi connectivity index (χ0v) is 18.0. The first kappa shape index (κ1) is 20.7. The molecule has 0 spiro atoms. The molecule has 5 rings (SSSR count). The summed E-state index contributed by atoms with van der Waals surface area (Å²) in [6.07, 6.45) is 2.15. The van der Waals surface area contributed by atoms with E-state index in [2.05, 4.69) is 15.3 Å². The van der Waals surface area contributed by atoms with Gasteiger partial charge in [-0.3, -0.25) is 4.79 Å². The van der Waals surface area contributed by atoms with Crippen molar-refractivity contribution in [1.29, 1.82) is 0 Å². The summed E-state index contributed by atoms with van der Waals surface area (Å²) in [5.74, 6) is -1.34. The molecule has 0 radical (unpaired) electrons. The summed E-state index contributed by atoms with van der Waals surface area (Å²) in [5.41, 5.74) is 3.10. The van der Waals surface area contributed by atoms with Crippen LogP contribution in [0.2, 0.25) is 5.15 Å². The van der Waals surface area contributed by atoms with Gasteiger partial charge in [-0.15, -0.1) is 0 Å². The minimum absolute atomic E-state index is 0.257. The van der Waals surface area contributed by atoms with Crippen LogP contribution in [0, 0.1) is 0 Å². The second kappa shape index (κ2) is 8.74. The third-order valence-electron chi connectivity index (χ3n) is 5.66. The second-order valence-corrected chi connectivity index (χ2v) is 8.11. The van der Waals surface area contributed by atoms with Gasteiger partial charge in [-0.25, -0.2) is 4.98 Å². The SMILES string of the molecule is O=C(NC(Cc1ccccc1)C1(c2ccccc2)OCCO1)c1cc2cc(Cl)ncc2[nH]1. The quantitative estimate of drug-likeness (QED) is 0.428. The zero-order chi connectivity index (χ0) is 22.0. The number of halogens is 1. The Labute approximate surface area is 190 Å². The molecule has 0 bridgehead atoms. The predicted octanol–water partition coefficient (Wildman–Crippen LogP) is 4.46. The number of hydrogen-bond acceptors (Lipinski definition) is 4. The molecular weight excluding hydrogens is 426 g/mol. The molecule has 1 unspecified atom stereocenters. The number of H-pyrrole nitrogens is 1. The highest BCUT2D eigenvalue weighted by Gasteiger charge is 2.47. The maximum absolute atomic E-state index is 13.3. The number of nitrogens with zero attached hydrogens (tertiary/aromatic N) is 1. The molecule has 0 saturated carbocycles. The first-order valence-corrected chi connectivity index (χ1v) is 10.8. The van der Waals surface area contributed by atoms with Crippen molar-refractivity contribution in [2.45, 2.75) is 18.2 Å². The number of nitrogens with one attached hydrogen (secondary N) is 2. The highest BCUT2D eigenvalue weighted by Crippen LogP contribution is 2.36. The predicted molar refractivity (Wildman–Crippen MR) is 123 cm³/mol. The number of aromatic amines is 1. The van der Waals surface area contributed by atoms with Gasteiger partial charge in [0, 0.05) is 10.9 Å².